The minimum absolute atomic E-state index is 0.0145. The van der Waals surface area contributed by atoms with Gasteiger partial charge >= 0.3 is 0 Å². The van der Waals surface area contributed by atoms with Gasteiger partial charge < -0.3 is 4.90 Å². The number of rotatable bonds is 6. The second-order valence-electron chi connectivity index (χ2n) is 6.22. The Balaban J connectivity index is 2.36. The maximum atomic E-state index is 13.0. The molecule has 0 aromatic heterocycles. The van der Waals surface area contributed by atoms with Gasteiger partial charge in [-0.05, 0) is 31.5 Å². The average Bonchev–Trinajstić information content (AvgIpc) is 2.58. The van der Waals surface area contributed by atoms with Crippen LogP contribution in [-0.4, -0.2) is 36.4 Å². The fraction of sp³-hybridized carbons (Fsp3) is 0.278. The molecule has 2 aromatic rings. The Morgan fingerprint density at radius 2 is 1.69 bits per heavy atom. The van der Waals surface area contributed by atoms with E-state index in [0.717, 1.165) is 11.8 Å². The van der Waals surface area contributed by atoms with Crippen molar-refractivity contribution in [2.24, 2.45) is 0 Å². The summed E-state index contributed by atoms with van der Waals surface area (Å²) < 4.78 is 24.0. The van der Waals surface area contributed by atoms with E-state index in [4.69, 9.17) is 0 Å². The Kier molecular flexibility index (Phi) is 5.76. The van der Waals surface area contributed by atoms with Crippen molar-refractivity contribution in [1.29, 1.82) is 0 Å². The molecule has 7 nitrogen and oxygen atoms in total. The smallest absolute Gasteiger partial charge is 0.269 e. The Bertz CT molecular complexity index is 921. The molecule has 0 aliphatic carbocycles. The van der Waals surface area contributed by atoms with E-state index in [-0.39, 0.29) is 28.7 Å². The normalized spacial score (nSPS) is 11.4. The van der Waals surface area contributed by atoms with Crippen LogP contribution in [0.4, 0.5) is 5.69 Å². The lowest BCUT2D eigenvalue weighted by Crippen LogP contribution is -2.37. The van der Waals surface area contributed by atoms with Crippen LogP contribution in [-0.2, 0) is 16.4 Å². The number of nitro benzene ring substituents is 1. The molecule has 0 aliphatic rings. The number of amides is 1. The van der Waals surface area contributed by atoms with Crippen molar-refractivity contribution in [1.82, 2.24) is 4.90 Å². The van der Waals surface area contributed by atoms with Crippen LogP contribution >= 0.6 is 0 Å². The van der Waals surface area contributed by atoms with Gasteiger partial charge in [0.15, 0.2) is 9.84 Å². The maximum absolute atomic E-state index is 13.0. The van der Waals surface area contributed by atoms with Gasteiger partial charge in [0.05, 0.1) is 15.4 Å². The zero-order valence-corrected chi connectivity index (χ0v) is 15.6. The van der Waals surface area contributed by atoms with Gasteiger partial charge in [-0.1, -0.05) is 24.3 Å². The van der Waals surface area contributed by atoms with E-state index in [1.165, 1.54) is 29.2 Å². The minimum atomic E-state index is -3.55. The summed E-state index contributed by atoms with van der Waals surface area (Å²) in [6, 6.07) is 11.8. The number of hydrogen-bond donors (Lipinski definition) is 0. The quantitative estimate of drug-likeness (QED) is 0.570. The first-order chi connectivity index (χ1) is 12.1. The van der Waals surface area contributed by atoms with Crippen molar-refractivity contribution in [3.8, 4) is 0 Å². The van der Waals surface area contributed by atoms with Gasteiger partial charge in [0.2, 0.25) is 0 Å². The molecule has 2 aromatic carbocycles. The largest absolute Gasteiger partial charge is 0.332 e. The van der Waals surface area contributed by atoms with Crippen LogP contribution in [0, 0.1) is 10.1 Å². The summed E-state index contributed by atoms with van der Waals surface area (Å²) in [6.45, 7) is 3.87. The van der Waals surface area contributed by atoms with E-state index in [0.29, 0.717) is 0 Å². The highest BCUT2D eigenvalue weighted by Crippen LogP contribution is 2.21. The number of carbonyl (C=O) groups is 1. The lowest BCUT2D eigenvalue weighted by atomic mass is 10.1. The summed E-state index contributed by atoms with van der Waals surface area (Å²) in [5.41, 5.74) is 0.804. The first kappa shape index (κ1) is 19.6. The molecule has 8 heteroatoms. The SMILES string of the molecule is CC(C)N(Cc1ccc([N+](=O)[O-])cc1)C(=O)c1ccccc1S(C)(=O)=O. The number of non-ortho nitro benzene ring substituents is 1. The number of hydrogen-bond acceptors (Lipinski definition) is 5. The molecule has 0 radical (unpaired) electrons. The number of sulfone groups is 1. The molecule has 0 N–H and O–H groups in total. The summed E-state index contributed by atoms with van der Waals surface area (Å²) >= 11 is 0. The molecule has 138 valence electrons. The van der Waals surface area contributed by atoms with Crippen molar-refractivity contribution >= 4 is 21.4 Å². The molecule has 26 heavy (non-hydrogen) atoms. The number of benzene rings is 2. The van der Waals surface area contributed by atoms with Gasteiger partial charge in [-0.25, -0.2) is 8.42 Å². The number of nitrogens with zero attached hydrogens (tertiary/aromatic N) is 2. The van der Waals surface area contributed by atoms with Crippen LogP contribution in [0.1, 0.15) is 29.8 Å². The molecular weight excluding hydrogens is 356 g/mol. The Morgan fingerprint density at radius 1 is 1.12 bits per heavy atom. The highest BCUT2D eigenvalue weighted by atomic mass is 32.2. The van der Waals surface area contributed by atoms with Crippen molar-refractivity contribution in [2.75, 3.05) is 6.26 Å². The van der Waals surface area contributed by atoms with E-state index >= 15 is 0 Å². The second-order valence-corrected chi connectivity index (χ2v) is 8.20. The first-order valence-electron chi connectivity index (χ1n) is 7.94. The predicted octanol–water partition coefficient (Wildman–Crippen LogP) is 3.05. The van der Waals surface area contributed by atoms with Gasteiger partial charge in [0, 0.05) is 31.0 Å². The topological polar surface area (TPSA) is 97.6 Å². The fourth-order valence-electron chi connectivity index (χ4n) is 2.53. The molecule has 0 aliphatic heterocycles. The van der Waals surface area contributed by atoms with Crippen LogP contribution < -0.4 is 0 Å². The molecule has 0 fully saturated rings. The first-order valence-corrected chi connectivity index (χ1v) is 9.84. The van der Waals surface area contributed by atoms with Gasteiger partial charge in [-0.3, -0.25) is 14.9 Å². The summed E-state index contributed by atoms with van der Waals surface area (Å²) in [6.07, 6.45) is 1.06. The molecule has 0 heterocycles. The van der Waals surface area contributed by atoms with Gasteiger partial charge in [-0.15, -0.1) is 0 Å². The number of nitro groups is 1. The Labute approximate surface area is 152 Å². The molecule has 0 unspecified atom stereocenters. The van der Waals surface area contributed by atoms with Crippen LogP contribution in [0.15, 0.2) is 53.4 Å². The van der Waals surface area contributed by atoms with Gasteiger partial charge in [-0.2, -0.15) is 0 Å². The van der Waals surface area contributed by atoms with E-state index in [1.54, 1.807) is 24.3 Å². The lowest BCUT2D eigenvalue weighted by Gasteiger charge is -2.27. The zero-order valence-electron chi connectivity index (χ0n) is 14.7. The molecular formula is C18H20N2O5S. The minimum Gasteiger partial charge on any atom is -0.332 e. The maximum Gasteiger partial charge on any atom is 0.269 e. The molecule has 2 rings (SSSR count). The van der Waals surface area contributed by atoms with Crippen molar-refractivity contribution in [2.45, 2.75) is 31.3 Å². The van der Waals surface area contributed by atoms with Crippen LogP contribution in [0.25, 0.3) is 0 Å². The average molecular weight is 376 g/mol. The van der Waals surface area contributed by atoms with E-state index < -0.39 is 20.7 Å². The summed E-state index contributed by atoms with van der Waals surface area (Å²) in [5.74, 6) is -0.403. The monoisotopic (exact) mass is 376 g/mol. The van der Waals surface area contributed by atoms with E-state index in [9.17, 15) is 23.3 Å². The summed E-state index contributed by atoms with van der Waals surface area (Å²) in [7, 11) is -3.55. The molecule has 0 bridgehead atoms. The van der Waals surface area contributed by atoms with E-state index in [1.807, 2.05) is 13.8 Å². The zero-order chi connectivity index (χ0) is 19.5. The van der Waals surface area contributed by atoms with Crippen molar-refractivity contribution in [3.63, 3.8) is 0 Å². The molecule has 0 spiro atoms. The van der Waals surface area contributed by atoms with E-state index in [2.05, 4.69) is 0 Å². The Morgan fingerprint density at radius 3 is 2.19 bits per heavy atom. The van der Waals surface area contributed by atoms with Gasteiger partial charge in [0.25, 0.3) is 11.6 Å². The van der Waals surface area contributed by atoms with Crippen LogP contribution in [0.2, 0.25) is 0 Å². The standard InChI is InChI=1S/C18H20N2O5S/c1-13(2)19(12-14-8-10-15(11-9-14)20(22)23)18(21)16-6-4-5-7-17(16)26(3,24)25/h4-11,13H,12H2,1-3H3. The van der Waals surface area contributed by atoms with Crippen molar-refractivity contribution in [3.05, 3.63) is 69.8 Å². The highest BCUT2D eigenvalue weighted by molar-refractivity contribution is 7.90. The fourth-order valence-corrected chi connectivity index (χ4v) is 3.41. The van der Waals surface area contributed by atoms with Gasteiger partial charge in [0.1, 0.15) is 0 Å². The third-order valence-corrected chi connectivity index (χ3v) is 5.06. The summed E-state index contributed by atoms with van der Waals surface area (Å²) in [4.78, 5) is 24.8. The third kappa shape index (κ3) is 4.45. The lowest BCUT2D eigenvalue weighted by molar-refractivity contribution is -0.384. The second kappa shape index (κ2) is 7.65. The van der Waals surface area contributed by atoms with Crippen molar-refractivity contribution < 1.29 is 18.1 Å². The number of carbonyl (C=O) groups excluding carboxylic acids is 1. The van der Waals surface area contributed by atoms with Crippen LogP contribution in [0.5, 0.6) is 0 Å². The molecule has 0 atom stereocenters. The highest BCUT2D eigenvalue weighted by Gasteiger charge is 2.24. The predicted molar refractivity (Wildman–Crippen MR) is 97.7 cm³/mol. The molecule has 0 saturated carbocycles. The van der Waals surface area contributed by atoms with Crippen LogP contribution in [0.3, 0.4) is 0 Å². The Hall–Kier alpha value is -2.74. The molecule has 1 amide bonds. The third-order valence-electron chi connectivity index (χ3n) is 3.90. The molecule has 0 saturated heterocycles. The summed E-state index contributed by atoms with van der Waals surface area (Å²) in [5, 5.41) is 10.8.